The Morgan fingerprint density at radius 3 is 2.73 bits per heavy atom. The van der Waals surface area contributed by atoms with E-state index in [0.717, 1.165) is 21.7 Å². The Labute approximate surface area is 152 Å². The van der Waals surface area contributed by atoms with Crippen LogP contribution in [0.5, 0.6) is 0 Å². The summed E-state index contributed by atoms with van der Waals surface area (Å²) in [7, 11) is 0. The van der Waals surface area contributed by atoms with Gasteiger partial charge in [-0.3, -0.25) is 15.0 Å². The molecule has 7 nitrogen and oxygen atoms in total. The summed E-state index contributed by atoms with van der Waals surface area (Å²) in [5.74, 6) is -0.378. The molecular weight excluding hydrogens is 350 g/mol. The molecule has 1 amide bonds. The Balaban J connectivity index is 1.59. The van der Waals surface area contributed by atoms with E-state index in [1.54, 1.807) is 24.7 Å². The van der Waals surface area contributed by atoms with Crippen molar-refractivity contribution in [2.45, 2.75) is 13.3 Å². The minimum Gasteiger partial charge on any atom is -0.306 e. The van der Waals surface area contributed by atoms with Crippen LogP contribution in [-0.4, -0.2) is 25.1 Å². The number of carbonyl (C=O) groups excluding carboxylic acids is 1. The van der Waals surface area contributed by atoms with Gasteiger partial charge in [-0.1, -0.05) is 6.92 Å². The molecular formula is C18H15N5O2S. The summed E-state index contributed by atoms with van der Waals surface area (Å²) in [6.07, 6.45) is 7.38. The third kappa shape index (κ3) is 2.91. The van der Waals surface area contributed by atoms with Gasteiger partial charge in [0.2, 0.25) is 0 Å². The highest BCUT2D eigenvalue weighted by atomic mass is 32.1. The van der Waals surface area contributed by atoms with Crippen molar-refractivity contribution in [1.29, 1.82) is 0 Å². The predicted molar refractivity (Wildman–Crippen MR) is 101 cm³/mol. The molecule has 1 N–H and O–H groups in total. The van der Waals surface area contributed by atoms with Crippen molar-refractivity contribution in [2.75, 3.05) is 5.43 Å². The Hall–Kier alpha value is -3.26. The predicted octanol–water partition coefficient (Wildman–Crippen LogP) is 2.59. The number of nitrogens with zero attached hydrogens (tertiary/aromatic N) is 4. The Bertz CT molecular complexity index is 1130. The van der Waals surface area contributed by atoms with Gasteiger partial charge in [-0.15, -0.1) is 11.3 Å². The highest BCUT2D eigenvalue weighted by Gasteiger charge is 2.11. The molecule has 8 heteroatoms. The zero-order chi connectivity index (χ0) is 18.1. The van der Waals surface area contributed by atoms with E-state index >= 15 is 0 Å². The molecule has 0 saturated heterocycles. The van der Waals surface area contributed by atoms with Gasteiger partial charge >= 0.3 is 0 Å². The Morgan fingerprint density at radius 1 is 1.23 bits per heavy atom. The second kappa shape index (κ2) is 6.57. The average molecular weight is 365 g/mol. The number of aromatic nitrogens is 4. The monoisotopic (exact) mass is 365 g/mol. The van der Waals surface area contributed by atoms with Crippen molar-refractivity contribution >= 4 is 27.5 Å². The molecule has 0 aliphatic rings. The summed E-state index contributed by atoms with van der Waals surface area (Å²) < 4.78 is 2.96. The summed E-state index contributed by atoms with van der Waals surface area (Å²) in [4.78, 5) is 35.0. The first-order chi connectivity index (χ1) is 12.7. The standard InChI is InChI=1S/C18H15N5O2S/c1-2-14-9-15-17(26-14)20-11-23(18(15)25)21-16(24)12-3-5-13(6-4-12)22-8-7-19-10-22/h3-11H,2H2,1H3,(H,21,24). The number of hydrogen-bond donors (Lipinski definition) is 1. The SMILES string of the molecule is CCc1cc2c(=O)n(NC(=O)c3ccc(-n4ccnc4)cc3)cnc2s1. The number of imidazole rings is 1. The largest absolute Gasteiger partial charge is 0.306 e. The maximum Gasteiger partial charge on any atom is 0.280 e. The van der Waals surface area contributed by atoms with Crippen LogP contribution in [0, 0.1) is 0 Å². The molecule has 0 unspecified atom stereocenters. The molecule has 1 aromatic carbocycles. The fourth-order valence-corrected chi connectivity index (χ4v) is 3.52. The topological polar surface area (TPSA) is 81.8 Å². The zero-order valence-corrected chi connectivity index (χ0v) is 14.7. The van der Waals surface area contributed by atoms with Crippen molar-refractivity contribution in [3.05, 3.63) is 76.2 Å². The number of thiophene rings is 1. The number of benzene rings is 1. The van der Waals surface area contributed by atoms with Gasteiger partial charge in [0.25, 0.3) is 11.5 Å². The number of rotatable bonds is 4. The number of nitrogens with one attached hydrogen (secondary N) is 1. The van der Waals surface area contributed by atoms with Crippen LogP contribution in [0.25, 0.3) is 15.9 Å². The van der Waals surface area contributed by atoms with Crippen LogP contribution < -0.4 is 11.0 Å². The van der Waals surface area contributed by atoms with E-state index < -0.39 is 0 Å². The van der Waals surface area contributed by atoms with Crippen LogP contribution in [0.15, 0.2) is 60.2 Å². The molecule has 0 saturated carbocycles. The summed E-state index contributed by atoms with van der Waals surface area (Å²) in [6, 6.07) is 8.85. The molecule has 0 fully saturated rings. The molecule has 3 aromatic heterocycles. The van der Waals surface area contributed by atoms with Gasteiger partial charge in [-0.25, -0.2) is 14.6 Å². The first-order valence-electron chi connectivity index (χ1n) is 8.05. The van der Waals surface area contributed by atoms with Gasteiger partial charge < -0.3 is 4.57 Å². The molecule has 0 bridgehead atoms. The third-order valence-corrected chi connectivity index (χ3v) is 5.19. The lowest BCUT2D eigenvalue weighted by Gasteiger charge is -2.08. The van der Waals surface area contributed by atoms with E-state index in [1.807, 2.05) is 35.9 Å². The lowest BCUT2D eigenvalue weighted by molar-refractivity contribution is 0.101. The molecule has 0 aliphatic heterocycles. The quantitative estimate of drug-likeness (QED) is 0.603. The summed E-state index contributed by atoms with van der Waals surface area (Å²) in [6.45, 7) is 2.03. The molecule has 0 atom stereocenters. The van der Waals surface area contributed by atoms with Crippen molar-refractivity contribution in [1.82, 2.24) is 19.2 Å². The fraction of sp³-hybridized carbons (Fsp3) is 0.111. The zero-order valence-electron chi connectivity index (χ0n) is 13.9. The number of aryl methyl sites for hydroxylation is 1. The van der Waals surface area contributed by atoms with Crippen molar-refractivity contribution in [2.24, 2.45) is 0 Å². The average Bonchev–Trinajstić information content (AvgIpc) is 3.34. The first-order valence-corrected chi connectivity index (χ1v) is 8.87. The maximum absolute atomic E-state index is 12.5. The molecule has 0 radical (unpaired) electrons. The van der Waals surface area contributed by atoms with Crippen LogP contribution in [0.2, 0.25) is 0 Å². The smallest absolute Gasteiger partial charge is 0.280 e. The Kier molecular flexibility index (Phi) is 4.10. The summed E-state index contributed by atoms with van der Waals surface area (Å²) in [5, 5.41) is 0.519. The lowest BCUT2D eigenvalue weighted by Crippen LogP contribution is -2.33. The van der Waals surface area contributed by atoms with E-state index in [2.05, 4.69) is 15.4 Å². The Morgan fingerprint density at radius 2 is 2.04 bits per heavy atom. The number of hydrogen-bond acceptors (Lipinski definition) is 5. The van der Waals surface area contributed by atoms with Gasteiger partial charge in [0.05, 0.1) is 11.7 Å². The summed E-state index contributed by atoms with van der Waals surface area (Å²) in [5.41, 5.74) is 3.64. The minimum atomic E-state index is -0.378. The van der Waals surface area contributed by atoms with Crippen molar-refractivity contribution < 1.29 is 4.79 Å². The molecule has 4 rings (SSSR count). The normalized spacial score (nSPS) is 11.0. The van der Waals surface area contributed by atoms with Gasteiger partial charge in [0.15, 0.2) is 0 Å². The molecule has 0 spiro atoms. The van der Waals surface area contributed by atoms with E-state index in [4.69, 9.17) is 0 Å². The van der Waals surface area contributed by atoms with Crippen molar-refractivity contribution in [3.8, 4) is 5.69 Å². The van der Waals surface area contributed by atoms with Gasteiger partial charge in [0.1, 0.15) is 11.2 Å². The lowest BCUT2D eigenvalue weighted by atomic mass is 10.2. The highest BCUT2D eigenvalue weighted by molar-refractivity contribution is 7.18. The minimum absolute atomic E-state index is 0.283. The maximum atomic E-state index is 12.5. The molecule has 4 aromatic rings. The molecule has 130 valence electrons. The first kappa shape index (κ1) is 16.2. The molecule has 26 heavy (non-hydrogen) atoms. The van der Waals surface area contributed by atoms with E-state index in [9.17, 15) is 9.59 Å². The van der Waals surface area contributed by atoms with Crippen LogP contribution in [0.1, 0.15) is 22.2 Å². The molecule has 3 heterocycles. The number of fused-ring (bicyclic) bond motifs is 1. The van der Waals surface area contributed by atoms with Crippen molar-refractivity contribution in [3.63, 3.8) is 0 Å². The second-order valence-corrected chi connectivity index (χ2v) is 6.78. The van der Waals surface area contributed by atoms with Crippen LogP contribution in [-0.2, 0) is 6.42 Å². The van der Waals surface area contributed by atoms with E-state index in [1.165, 1.54) is 17.7 Å². The third-order valence-electron chi connectivity index (χ3n) is 4.01. The molecule has 0 aliphatic carbocycles. The van der Waals surface area contributed by atoms with Gasteiger partial charge in [0, 0.05) is 28.5 Å². The van der Waals surface area contributed by atoms with E-state index in [0.29, 0.717) is 15.8 Å². The second-order valence-electron chi connectivity index (χ2n) is 5.66. The van der Waals surface area contributed by atoms with Gasteiger partial charge in [-0.05, 0) is 36.8 Å². The fourth-order valence-electron chi connectivity index (χ4n) is 2.60. The van der Waals surface area contributed by atoms with Gasteiger partial charge in [-0.2, -0.15) is 0 Å². The van der Waals surface area contributed by atoms with Crippen LogP contribution >= 0.6 is 11.3 Å². The summed E-state index contributed by atoms with van der Waals surface area (Å²) >= 11 is 1.49. The number of carbonyl (C=O) groups is 1. The highest BCUT2D eigenvalue weighted by Crippen LogP contribution is 2.20. The van der Waals surface area contributed by atoms with Crippen LogP contribution in [0.4, 0.5) is 0 Å². The van der Waals surface area contributed by atoms with Crippen LogP contribution in [0.3, 0.4) is 0 Å². The van der Waals surface area contributed by atoms with E-state index in [-0.39, 0.29) is 11.5 Å². The number of amides is 1.